The van der Waals surface area contributed by atoms with Crippen molar-refractivity contribution in [3.63, 3.8) is 0 Å². The average molecular weight is 263 g/mol. The van der Waals surface area contributed by atoms with Crippen molar-refractivity contribution in [1.82, 2.24) is 15.0 Å². The SMILES string of the molecule is CC(C)C1(O)CN(Cc2noc(-c3ccco3)n2)C1. The predicted molar refractivity (Wildman–Crippen MR) is 67.1 cm³/mol. The van der Waals surface area contributed by atoms with Crippen molar-refractivity contribution < 1.29 is 14.0 Å². The number of hydrogen-bond acceptors (Lipinski definition) is 6. The Labute approximate surface area is 111 Å². The molecule has 0 aliphatic carbocycles. The molecule has 0 saturated carbocycles. The highest BCUT2D eigenvalue weighted by Crippen LogP contribution is 2.29. The number of aromatic nitrogens is 2. The molecule has 0 atom stereocenters. The van der Waals surface area contributed by atoms with Gasteiger partial charge in [-0.25, -0.2) is 0 Å². The largest absolute Gasteiger partial charge is 0.459 e. The van der Waals surface area contributed by atoms with Crippen LogP contribution in [0.2, 0.25) is 0 Å². The molecular weight excluding hydrogens is 246 g/mol. The highest BCUT2D eigenvalue weighted by atomic mass is 16.5. The summed E-state index contributed by atoms with van der Waals surface area (Å²) in [6.45, 7) is 5.94. The van der Waals surface area contributed by atoms with Gasteiger partial charge in [0.2, 0.25) is 0 Å². The van der Waals surface area contributed by atoms with Gasteiger partial charge in [0.25, 0.3) is 5.89 Å². The van der Waals surface area contributed by atoms with Crippen molar-refractivity contribution in [3.8, 4) is 11.7 Å². The van der Waals surface area contributed by atoms with Gasteiger partial charge in [-0.2, -0.15) is 4.98 Å². The van der Waals surface area contributed by atoms with Crippen molar-refractivity contribution in [2.75, 3.05) is 13.1 Å². The smallest absolute Gasteiger partial charge is 0.293 e. The van der Waals surface area contributed by atoms with E-state index in [1.165, 1.54) is 0 Å². The number of nitrogens with zero attached hydrogens (tertiary/aromatic N) is 3. The van der Waals surface area contributed by atoms with Crippen LogP contribution in [0.25, 0.3) is 11.7 Å². The monoisotopic (exact) mass is 263 g/mol. The molecule has 0 unspecified atom stereocenters. The number of likely N-dealkylation sites (tertiary alicyclic amines) is 1. The fourth-order valence-corrected chi connectivity index (χ4v) is 2.22. The Bertz CT molecular complexity index is 541. The average Bonchev–Trinajstić information content (AvgIpc) is 2.96. The summed E-state index contributed by atoms with van der Waals surface area (Å²) in [5.41, 5.74) is -0.576. The molecule has 1 fully saturated rings. The van der Waals surface area contributed by atoms with Crippen LogP contribution in [-0.2, 0) is 6.54 Å². The zero-order chi connectivity index (χ0) is 13.5. The molecule has 1 saturated heterocycles. The topological polar surface area (TPSA) is 75.5 Å². The third-order valence-electron chi connectivity index (χ3n) is 3.63. The van der Waals surface area contributed by atoms with E-state index in [9.17, 15) is 5.11 Å². The van der Waals surface area contributed by atoms with Gasteiger partial charge in [0.05, 0.1) is 18.4 Å². The van der Waals surface area contributed by atoms with E-state index >= 15 is 0 Å². The van der Waals surface area contributed by atoms with Crippen molar-refractivity contribution >= 4 is 0 Å². The van der Waals surface area contributed by atoms with Crippen LogP contribution >= 0.6 is 0 Å². The van der Waals surface area contributed by atoms with E-state index in [0.29, 0.717) is 37.1 Å². The van der Waals surface area contributed by atoms with E-state index in [4.69, 9.17) is 8.94 Å². The summed E-state index contributed by atoms with van der Waals surface area (Å²) < 4.78 is 10.3. The van der Waals surface area contributed by atoms with Gasteiger partial charge in [-0.1, -0.05) is 19.0 Å². The number of furan rings is 1. The summed E-state index contributed by atoms with van der Waals surface area (Å²) in [4.78, 5) is 6.37. The van der Waals surface area contributed by atoms with Crippen LogP contribution in [0.5, 0.6) is 0 Å². The van der Waals surface area contributed by atoms with E-state index in [2.05, 4.69) is 15.0 Å². The normalized spacial score (nSPS) is 18.7. The van der Waals surface area contributed by atoms with Crippen LogP contribution in [0.3, 0.4) is 0 Å². The molecule has 2 aromatic heterocycles. The molecule has 102 valence electrons. The first-order chi connectivity index (χ1) is 9.07. The lowest BCUT2D eigenvalue weighted by Gasteiger charge is -2.48. The van der Waals surface area contributed by atoms with Gasteiger partial charge in [-0.05, 0) is 18.1 Å². The third kappa shape index (κ3) is 2.29. The van der Waals surface area contributed by atoms with E-state index < -0.39 is 5.60 Å². The molecule has 1 aliphatic heterocycles. The minimum atomic E-state index is -0.576. The molecule has 19 heavy (non-hydrogen) atoms. The van der Waals surface area contributed by atoms with E-state index in [1.54, 1.807) is 18.4 Å². The highest BCUT2D eigenvalue weighted by Gasteiger charge is 2.43. The van der Waals surface area contributed by atoms with Crippen LogP contribution in [0.4, 0.5) is 0 Å². The van der Waals surface area contributed by atoms with Gasteiger partial charge in [0, 0.05) is 13.1 Å². The summed E-state index contributed by atoms with van der Waals surface area (Å²) in [5.74, 6) is 1.82. The van der Waals surface area contributed by atoms with Gasteiger partial charge >= 0.3 is 0 Å². The zero-order valence-corrected chi connectivity index (χ0v) is 11.0. The second-order valence-corrected chi connectivity index (χ2v) is 5.40. The Balaban J connectivity index is 1.61. The number of hydrogen-bond donors (Lipinski definition) is 1. The lowest BCUT2D eigenvalue weighted by molar-refractivity contribution is -0.131. The maximum atomic E-state index is 10.2. The second kappa shape index (κ2) is 4.47. The summed E-state index contributed by atoms with van der Waals surface area (Å²) in [6, 6.07) is 3.55. The minimum absolute atomic E-state index is 0.257. The molecule has 0 radical (unpaired) electrons. The Kier molecular flexibility index (Phi) is 2.91. The van der Waals surface area contributed by atoms with Crippen molar-refractivity contribution in [2.45, 2.75) is 26.0 Å². The molecule has 6 nitrogen and oxygen atoms in total. The number of rotatable bonds is 4. The molecule has 0 spiro atoms. The van der Waals surface area contributed by atoms with Crippen molar-refractivity contribution in [2.24, 2.45) is 5.92 Å². The Morgan fingerprint density at radius 3 is 2.89 bits per heavy atom. The van der Waals surface area contributed by atoms with Crippen LogP contribution in [0.1, 0.15) is 19.7 Å². The molecule has 1 aliphatic rings. The third-order valence-corrected chi connectivity index (χ3v) is 3.63. The summed E-state index contributed by atoms with van der Waals surface area (Å²) in [5, 5.41) is 14.1. The Morgan fingerprint density at radius 2 is 2.26 bits per heavy atom. The van der Waals surface area contributed by atoms with E-state index in [0.717, 1.165) is 0 Å². The molecule has 2 aromatic rings. The second-order valence-electron chi connectivity index (χ2n) is 5.40. The molecule has 6 heteroatoms. The number of aliphatic hydroxyl groups is 1. The fraction of sp³-hybridized carbons (Fsp3) is 0.538. The molecule has 0 amide bonds. The molecule has 1 N–H and O–H groups in total. The molecule has 0 aromatic carbocycles. The first-order valence-corrected chi connectivity index (χ1v) is 6.38. The van der Waals surface area contributed by atoms with Crippen LogP contribution in [0.15, 0.2) is 27.3 Å². The zero-order valence-electron chi connectivity index (χ0n) is 11.0. The standard InChI is InChI=1S/C13H17N3O3/c1-9(2)13(17)7-16(8-13)6-11-14-12(19-15-11)10-4-3-5-18-10/h3-5,9,17H,6-8H2,1-2H3. The fourth-order valence-electron chi connectivity index (χ4n) is 2.22. The summed E-state index contributed by atoms with van der Waals surface area (Å²) in [6.07, 6.45) is 1.57. The first-order valence-electron chi connectivity index (χ1n) is 6.38. The van der Waals surface area contributed by atoms with Crippen LogP contribution in [-0.4, -0.2) is 38.8 Å². The van der Waals surface area contributed by atoms with E-state index in [-0.39, 0.29) is 5.92 Å². The molecule has 3 rings (SSSR count). The van der Waals surface area contributed by atoms with Gasteiger partial charge in [0.1, 0.15) is 0 Å². The molecular formula is C13H17N3O3. The maximum absolute atomic E-state index is 10.2. The quantitative estimate of drug-likeness (QED) is 0.901. The maximum Gasteiger partial charge on any atom is 0.293 e. The lowest BCUT2D eigenvalue weighted by atomic mass is 9.83. The van der Waals surface area contributed by atoms with E-state index in [1.807, 2.05) is 13.8 Å². The van der Waals surface area contributed by atoms with Crippen LogP contribution in [0, 0.1) is 5.92 Å². The predicted octanol–water partition coefficient (Wildman–Crippen LogP) is 1.53. The van der Waals surface area contributed by atoms with Gasteiger partial charge in [0.15, 0.2) is 11.6 Å². The van der Waals surface area contributed by atoms with Gasteiger partial charge in [-0.15, -0.1) is 0 Å². The molecule has 0 bridgehead atoms. The van der Waals surface area contributed by atoms with Crippen LogP contribution < -0.4 is 0 Å². The van der Waals surface area contributed by atoms with Gasteiger partial charge in [-0.3, -0.25) is 4.90 Å². The summed E-state index contributed by atoms with van der Waals surface area (Å²) in [7, 11) is 0. The Morgan fingerprint density at radius 1 is 1.47 bits per heavy atom. The summed E-state index contributed by atoms with van der Waals surface area (Å²) >= 11 is 0. The first kappa shape index (κ1) is 12.4. The lowest BCUT2D eigenvalue weighted by Crippen LogP contribution is -2.63. The molecule has 3 heterocycles. The highest BCUT2D eigenvalue weighted by molar-refractivity contribution is 5.42. The van der Waals surface area contributed by atoms with Crippen molar-refractivity contribution in [1.29, 1.82) is 0 Å². The minimum Gasteiger partial charge on any atom is -0.459 e. The number of β-amino-alcohol motifs (C(OH)–C–C–N with tert-alkyl or cyclic N) is 1. The Hall–Kier alpha value is -1.66. The van der Waals surface area contributed by atoms with Crippen molar-refractivity contribution in [3.05, 3.63) is 24.2 Å². The van der Waals surface area contributed by atoms with Gasteiger partial charge < -0.3 is 14.0 Å².